The van der Waals surface area contributed by atoms with E-state index in [4.69, 9.17) is 23.7 Å². The maximum atomic E-state index is 14.0. The summed E-state index contributed by atoms with van der Waals surface area (Å²) in [6.45, 7) is 6.90. The summed E-state index contributed by atoms with van der Waals surface area (Å²) >= 11 is 0. The third-order valence-corrected chi connectivity index (χ3v) is 8.71. The van der Waals surface area contributed by atoms with Crippen LogP contribution in [0.15, 0.2) is 36.4 Å². The number of ether oxygens (including phenoxy) is 5. The highest BCUT2D eigenvalue weighted by Crippen LogP contribution is 2.66. The number of benzene rings is 2. The molecule has 34 heavy (non-hydrogen) atoms. The monoisotopic (exact) mass is 468 g/mol. The van der Waals surface area contributed by atoms with E-state index >= 15 is 0 Å². The zero-order valence-electron chi connectivity index (χ0n) is 21.3. The Hall–Kier alpha value is -2.89. The highest BCUT2D eigenvalue weighted by molar-refractivity contribution is 5.85. The fourth-order valence-electron chi connectivity index (χ4n) is 6.05. The lowest BCUT2D eigenvalue weighted by Crippen LogP contribution is -2.39. The SMILES string of the molecule is COc1ccc(C(C(=O)O[C@@H]2C[C@@H]3CCC2(C)C3(C)C)c2ccc(OC)cc2OC)c(OC)c1. The van der Waals surface area contributed by atoms with E-state index < -0.39 is 5.92 Å². The summed E-state index contributed by atoms with van der Waals surface area (Å²) in [7, 11) is 6.38. The summed E-state index contributed by atoms with van der Waals surface area (Å²) in [6.07, 6.45) is 3.05. The lowest BCUT2D eigenvalue weighted by atomic mass is 9.70. The van der Waals surface area contributed by atoms with E-state index in [2.05, 4.69) is 20.8 Å². The van der Waals surface area contributed by atoms with Crippen LogP contribution in [0.3, 0.4) is 0 Å². The van der Waals surface area contributed by atoms with Crippen molar-refractivity contribution >= 4 is 5.97 Å². The first-order valence-electron chi connectivity index (χ1n) is 11.8. The van der Waals surface area contributed by atoms with E-state index in [1.165, 1.54) is 6.42 Å². The van der Waals surface area contributed by atoms with Gasteiger partial charge < -0.3 is 23.7 Å². The number of carbonyl (C=O) groups is 1. The van der Waals surface area contributed by atoms with Crippen LogP contribution in [-0.4, -0.2) is 40.5 Å². The number of esters is 1. The van der Waals surface area contributed by atoms with Crippen LogP contribution in [0, 0.1) is 16.7 Å². The average molecular weight is 469 g/mol. The van der Waals surface area contributed by atoms with Crippen molar-refractivity contribution in [1.29, 1.82) is 0 Å². The second-order valence-corrected chi connectivity index (χ2v) is 10.2. The van der Waals surface area contributed by atoms with Crippen molar-refractivity contribution in [1.82, 2.24) is 0 Å². The Labute approximate surface area is 202 Å². The van der Waals surface area contributed by atoms with Crippen LogP contribution < -0.4 is 18.9 Å². The molecule has 6 nitrogen and oxygen atoms in total. The van der Waals surface area contributed by atoms with Crippen LogP contribution in [-0.2, 0) is 9.53 Å². The number of methoxy groups -OCH3 is 4. The lowest BCUT2D eigenvalue weighted by molar-refractivity contribution is -0.157. The summed E-state index contributed by atoms with van der Waals surface area (Å²) in [5.41, 5.74) is 1.50. The van der Waals surface area contributed by atoms with E-state index in [0.717, 1.165) is 12.8 Å². The molecule has 2 bridgehead atoms. The summed E-state index contributed by atoms with van der Waals surface area (Å²) in [5, 5.41) is 0. The van der Waals surface area contributed by atoms with E-state index in [9.17, 15) is 4.79 Å². The number of fused-ring (bicyclic) bond motifs is 2. The summed E-state index contributed by atoms with van der Waals surface area (Å²) < 4.78 is 28.5. The molecule has 0 amide bonds. The molecule has 0 spiro atoms. The van der Waals surface area contributed by atoms with E-state index in [0.29, 0.717) is 40.0 Å². The van der Waals surface area contributed by atoms with Gasteiger partial charge in [0.2, 0.25) is 0 Å². The highest BCUT2D eigenvalue weighted by Gasteiger charge is 2.63. The van der Waals surface area contributed by atoms with E-state index in [-0.39, 0.29) is 22.9 Å². The summed E-state index contributed by atoms with van der Waals surface area (Å²) in [6, 6.07) is 11.0. The second-order valence-electron chi connectivity index (χ2n) is 10.2. The molecular formula is C28H36O6. The van der Waals surface area contributed by atoms with Crippen molar-refractivity contribution < 1.29 is 28.5 Å². The van der Waals surface area contributed by atoms with Crippen LogP contribution in [0.2, 0.25) is 0 Å². The third kappa shape index (κ3) is 3.77. The van der Waals surface area contributed by atoms with Crippen molar-refractivity contribution in [3.8, 4) is 23.0 Å². The summed E-state index contributed by atoms with van der Waals surface area (Å²) in [5.74, 6) is 1.94. The normalized spacial score (nSPS) is 24.7. The summed E-state index contributed by atoms with van der Waals surface area (Å²) in [4.78, 5) is 14.0. The molecule has 2 fully saturated rings. The first-order valence-corrected chi connectivity index (χ1v) is 11.8. The zero-order chi connectivity index (χ0) is 24.7. The van der Waals surface area contributed by atoms with Gasteiger partial charge >= 0.3 is 5.97 Å². The topological polar surface area (TPSA) is 63.2 Å². The van der Waals surface area contributed by atoms with Gasteiger partial charge in [0.15, 0.2) is 0 Å². The highest BCUT2D eigenvalue weighted by atomic mass is 16.5. The fraction of sp³-hybridized carbons (Fsp3) is 0.536. The quantitative estimate of drug-likeness (QED) is 0.469. The molecule has 0 heterocycles. The van der Waals surface area contributed by atoms with Gasteiger partial charge in [0.25, 0.3) is 0 Å². The van der Waals surface area contributed by atoms with Gasteiger partial charge in [-0.2, -0.15) is 0 Å². The predicted molar refractivity (Wildman–Crippen MR) is 130 cm³/mol. The molecule has 0 radical (unpaired) electrons. The molecule has 184 valence electrons. The van der Waals surface area contributed by atoms with Gasteiger partial charge in [0.1, 0.15) is 35.0 Å². The molecular weight excluding hydrogens is 432 g/mol. The second kappa shape index (κ2) is 9.05. The van der Waals surface area contributed by atoms with Gasteiger partial charge in [-0.3, -0.25) is 4.79 Å². The fourth-order valence-corrected chi connectivity index (χ4v) is 6.05. The van der Waals surface area contributed by atoms with Gasteiger partial charge in [0, 0.05) is 28.7 Å². The van der Waals surface area contributed by atoms with Crippen LogP contribution in [0.5, 0.6) is 23.0 Å². The van der Waals surface area contributed by atoms with Crippen LogP contribution in [0.4, 0.5) is 0 Å². The Morgan fingerprint density at radius 3 is 1.76 bits per heavy atom. The van der Waals surface area contributed by atoms with Gasteiger partial charge in [-0.15, -0.1) is 0 Å². The van der Waals surface area contributed by atoms with Crippen molar-refractivity contribution in [3.63, 3.8) is 0 Å². The average Bonchev–Trinajstić information content (AvgIpc) is 3.18. The van der Waals surface area contributed by atoms with E-state index in [1.54, 1.807) is 40.6 Å². The third-order valence-electron chi connectivity index (χ3n) is 8.71. The van der Waals surface area contributed by atoms with Crippen LogP contribution in [0.1, 0.15) is 57.1 Å². The zero-order valence-corrected chi connectivity index (χ0v) is 21.3. The van der Waals surface area contributed by atoms with Gasteiger partial charge in [0.05, 0.1) is 28.4 Å². The molecule has 0 aromatic heterocycles. The Morgan fingerprint density at radius 2 is 1.38 bits per heavy atom. The Bertz CT molecular complexity index is 1010. The number of hydrogen-bond donors (Lipinski definition) is 0. The van der Waals surface area contributed by atoms with Gasteiger partial charge in [-0.05, 0) is 42.7 Å². The Morgan fingerprint density at radius 1 is 0.853 bits per heavy atom. The molecule has 6 heteroatoms. The first-order chi connectivity index (χ1) is 16.2. The number of carbonyl (C=O) groups excluding carboxylic acids is 1. The van der Waals surface area contributed by atoms with Gasteiger partial charge in [-0.25, -0.2) is 0 Å². The maximum Gasteiger partial charge on any atom is 0.318 e. The standard InChI is InChI=1S/C28H36O6/c1-27(2)17-12-13-28(27,3)24(14-17)34-26(29)25(20-10-8-18(30-4)15-22(20)32-6)21-11-9-19(31-5)16-23(21)33-7/h8-11,15-17,24-25H,12-14H2,1-7H3/t17-,24+,28?/m0/s1. The molecule has 2 aliphatic carbocycles. The minimum atomic E-state index is -0.729. The Kier molecular flexibility index (Phi) is 6.45. The minimum absolute atomic E-state index is 0.0358. The van der Waals surface area contributed by atoms with E-state index in [1.807, 2.05) is 24.3 Å². The maximum absolute atomic E-state index is 14.0. The molecule has 0 aliphatic heterocycles. The molecule has 2 aliphatic rings. The largest absolute Gasteiger partial charge is 0.497 e. The van der Waals surface area contributed by atoms with Crippen molar-refractivity contribution in [2.75, 3.05) is 28.4 Å². The Balaban J connectivity index is 1.77. The first kappa shape index (κ1) is 24.2. The lowest BCUT2D eigenvalue weighted by Gasteiger charge is -2.39. The van der Waals surface area contributed by atoms with Crippen LogP contribution >= 0.6 is 0 Å². The molecule has 2 saturated carbocycles. The predicted octanol–water partition coefficient (Wildman–Crippen LogP) is 5.61. The molecule has 2 aromatic rings. The molecule has 0 saturated heterocycles. The van der Waals surface area contributed by atoms with Gasteiger partial charge in [-0.1, -0.05) is 32.9 Å². The molecule has 1 unspecified atom stereocenters. The number of hydrogen-bond acceptors (Lipinski definition) is 6. The molecule has 0 N–H and O–H groups in total. The minimum Gasteiger partial charge on any atom is -0.497 e. The van der Waals surface area contributed by atoms with Crippen molar-refractivity contribution in [3.05, 3.63) is 47.5 Å². The number of rotatable bonds is 8. The van der Waals surface area contributed by atoms with Crippen molar-refractivity contribution in [2.45, 2.75) is 52.1 Å². The van der Waals surface area contributed by atoms with Crippen LogP contribution in [0.25, 0.3) is 0 Å². The molecule has 3 atom stereocenters. The molecule has 4 rings (SSSR count). The smallest absolute Gasteiger partial charge is 0.318 e. The molecule has 2 aromatic carbocycles. The van der Waals surface area contributed by atoms with Crippen molar-refractivity contribution in [2.24, 2.45) is 16.7 Å².